The topological polar surface area (TPSA) is 61.8 Å². The summed E-state index contributed by atoms with van der Waals surface area (Å²) in [6.45, 7) is 6.55. The van der Waals surface area contributed by atoms with Crippen LogP contribution in [-0.4, -0.2) is 67.3 Å². The molecule has 2 saturated heterocycles. The minimum atomic E-state index is -0.332. The molecule has 0 radical (unpaired) electrons. The van der Waals surface area contributed by atoms with Gasteiger partial charge in [-0.15, -0.1) is 0 Å². The second-order valence-electron chi connectivity index (χ2n) is 7.20. The second-order valence-corrected chi connectivity index (χ2v) is 7.20. The Morgan fingerprint density at radius 1 is 1.17 bits per heavy atom. The van der Waals surface area contributed by atoms with Crippen LogP contribution in [-0.2, 0) is 4.74 Å². The Labute approximate surface area is 143 Å². The van der Waals surface area contributed by atoms with E-state index in [1.807, 2.05) is 25.9 Å². The Balaban J connectivity index is 1.83. The summed E-state index contributed by atoms with van der Waals surface area (Å²) in [6.07, 6.45) is 2.53. The van der Waals surface area contributed by atoms with E-state index in [1.165, 1.54) is 0 Å². The van der Waals surface area contributed by atoms with Gasteiger partial charge in [0.25, 0.3) is 0 Å². The number of carbonyl (C=O) groups excluding carboxylic acids is 1. The highest BCUT2D eigenvalue weighted by Gasteiger charge is 2.44. The second kappa shape index (κ2) is 6.11. The van der Waals surface area contributed by atoms with Gasteiger partial charge in [0.05, 0.1) is 6.54 Å². The number of aryl methyl sites for hydroxylation is 1. The van der Waals surface area contributed by atoms with Gasteiger partial charge in [0.1, 0.15) is 11.4 Å². The van der Waals surface area contributed by atoms with Crippen LogP contribution in [0, 0.1) is 13.8 Å². The molecule has 3 heterocycles. The highest BCUT2D eigenvalue weighted by atomic mass is 16.6. The standard InChI is InChI=1S/C17H27N5O2/c1-12-13(2)18-15(20(3)4)19-14(12)22-9-6-7-17(8-10-22)11-21(5)16(23)24-17/h6-11H2,1-5H3/t17-/m1/s1. The van der Waals surface area contributed by atoms with Gasteiger partial charge < -0.3 is 19.4 Å². The molecule has 1 atom stereocenters. The van der Waals surface area contributed by atoms with Gasteiger partial charge in [-0.05, 0) is 26.7 Å². The predicted molar refractivity (Wildman–Crippen MR) is 93.7 cm³/mol. The van der Waals surface area contributed by atoms with Crippen molar-refractivity contribution in [2.45, 2.75) is 38.7 Å². The highest BCUT2D eigenvalue weighted by molar-refractivity contribution is 5.70. The van der Waals surface area contributed by atoms with E-state index in [0.717, 1.165) is 55.4 Å². The Morgan fingerprint density at radius 2 is 1.92 bits per heavy atom. The number of likely N-dealkylation sites (N-methyl/N-ethyl adjacent to an activating group) is 1. The van der Waals surface area contributed by atoms with Gasteiger partial charge in [-0.25, -0.2) is 9.78 Å². The minimum absolute atomic E-state index is 0.201. The van der Waals surface area contributed by atoms with E-state index in [0.29, 0.717) is 6.54 Å². The van der Waals surface area contributed by atoms with Gasteiger partial charge in [-0.1, -0.05) is 0 Å². The monoisotopic (exact) mass is 333 g/mol. The number of nitrogens with zero attached hydrogens (tertiary/aromatic N) is 5. The molecule has 1 spiro atoms. The third-order valence-electron chi connectivity index (χ3n) is 5.09. The molecule has 1 aromatic rings. The smallest absolute Gasteiger partial charge is 0.410 e. The summed E-state index contributed by atoms with van der Waals surface area (Å²) >= 11 is 0. The van der Waals surface area contributed by atoms with Crippen molar-refractivity contribution < 1.29 is 9.53 Å². The van der Waals surface area contributed by atoms with Crippen LogP contribution < -0.4 is 9.80 Å². The number of anilines is 2. The van der Waals surface area contributed by atoms with Crippen molar-refractivity contribution >= 4 is 17.9 Å². The molecule has 0 aliphatic carbocycles. The van der Waals surface area contributed by atoms with E-state index >= 15 is 0 Å². The van der Waals surface area contributed by atoms with E-state index in [1.54, 1.807) is 11.9 Å². The largest absolute Gasteiger partial charge is 0.441 e. The first-order valence-corrected chi connectivity index (χ1v) is 8.53. The molecule has 0 aromatic carbocycles. The maximum absolute atomic E-state index is 11.8. The maximum atomic E-state index is 11.8. The molecule has 2 fully saturated rings. The molecule has 132 valence electrons. The molecule has 0 bridgehead atoms. The summed E-state index contributed by atoms with van der Waals surface area (Å²) in [5.74, 6) is 1.74. The SMILES string of the molecule is Cc1nc(N(C)C)nc(N2CCC[C@@]3(CC2)CN(C)C(=O)O3)c1C. The van der Waals surface area contributed by atoms with Gasteiger partial charge in [-0.3, -0.25) is 0 Å². The molecule has 24 heavy (non-hydrogen) atoms. The average molecular weight is 333 g/mol. The molecule has 2 aliphatic rings. The third-order valence-corrected chi connectivity index (χ3v) is 5.09. The van der Waals surface area contributed by atoms with Crippen LogP contribution in [0.25, 0.3) is 0 Å². The number of rotatable bonds is 2. The molecule has 7 heteroatoms. The van der Waals surface area contributed by atoms with Crippen molar-refractivity contribution in [2.75, 3.05) is 50.6 Å². The zero-order chi connectivity index (χ0) is 17.5. The molecule has 0 saturated carbocycles. The van der Waals surface area contributed by atoms with Gasteiger partial charge in [-0.2, -0.15) is 4.98 Å². The van der Waals surface area contributed by atoms with Crippen LogP contribution in [0.2, 0.25) is 0 Å². The third kappa shape index (κ3) is 2.99. The fourth-order valence-corrected chi connectivity index (χ4v) is 3.54. The lowest BCUT2D eigenvalue weighted by molar-refractivity contribution is 0.0473. The average Bonchev–Trinajstić information content (AvgIpc) is 2.69. The highest BCUT2D eigenvalue weighted by Crippen LogP contribution is 2.34. The molecule has 1 amide bonds. The normalized spacial score (nSPS) is 24.3. The van der Waals surface area contributed by atoms with Crippen molar-refractivity contribution in [1.29, 1.82) is 0 Å². The fourth-order valence-electron chi connectivity index (χ4n) is 3.54. The Bertz CT molecular complexity index is 648. The number of amides is 1. The Kier molecular flexibility index (Phi) is 4.27. The van der Waals surface area contributed by atoms with E-state index in [4.69, 9.17) is 9.72 Å². The number of hydrogen-bond acceptors (Lipinski definition) is 6. The van der Waals surface area contributed by atoms with Crippen LogP contribution in [0.1, 0.15) is 30.5 Å². The summed E-state index contributed by atoms with van der Waals surface area (Å²) in [4.78, 5) is 27.0. The number of hydrogen-bond donors (Lipinski definition) is 0. The molecule has 3 rings (SSSR count). The summed E-state index contributed by atoms with van der Waals surface area (Å²) in [5, 5.41) is 0. The molecule has 0 N–H and O–H groups in total. The lowest BCUT2D eigenvalue weighted by Crippen LogP contribution is -2.35. The molecule has 1 aromatic heterocycles. The van der Waals surface area contributed by atoms with Crippen molar-refractivity contribution in [3.8, 4) is 0 Å². The molecular weight excluding hydrogens is 306 g/mol. The molecule has 0 unspecified atom stereocenters. The quantitative estimate of drug-likeness (QED) is 0.825. The van der Waals surface area contributed by atoms with E-state index in [2.05, 4.69) is 16.8 Å². The molecule has 7 nitrogen and oxygen atoms in total. The number of carbonyl (C=O) groups is 1. The van der Waals surface area contributed by atoms with Gasteiger partial charge in [0.15, 0.2) is 0 Å². The van der Waals surface area contributed by atoms with Crippen LogP contribution >= 0.6 is 0 Å². The van der Waals surface area contributed by atoms with Gasteiger partial charge in [0.2, 0.25) is 5.95 Å². The number of aromatic nitrogens is 2. The van der Waals surface area contributed by atoms with E-state index in [-0.39, 0.29) is 11.7 Å². The van der Waals surface area contributed by atoms with Crippen molar-refractivity contribution in [3.63, 3.8) is 0 Å². The van der Waals surface area contributed by atoms with Crippen molar-refractivity contribution in [2.24, 2.45) is 0 Å². The Hall–Kier alpha value is -2.05. The van der Waals surface area contributed by atoms with E-state index < -0.39 is 0 Å². The summed E-state index contributed by atoms with van der Waals surface area (Å²) in [5.41, 5.74) is 1.80. The van der Waals surface area contributed by atoms with Crippen LogP contribution in [0.5, 0.6) is 0 Å². The minimum Gasteiger partial charge on any atom is -0.441 e. The maximum Gasteiger partial charge on any atom is 0.410 e. The summed E-state index contributed by atoms with van der Waals surface area (Å²) in [6, 6.07) is 0. The summed E-state index contributed by atoms with van der Waals surface area (Å²) in [7, 11) is 5.72. The zero-order valence-corrected chi connectivity index (χ0v) is 15.3. The van der Waals surface area contributed by atoms with Crippen LogP contribution in [0.3, 0.4) is 0 Å². The van der Waals surface area contributed by atoms with Crippen molar-refractivity contribution in [3.05, 3.63) is 11.3 Å². The van der Waals surface area contributed by atoms with Crippen molar-refractivity contribution in [1.82, 2.24) is 14.9 Å². The van der Waals surface area contributed by atoms with Crippen LogP contribution in [0.4, 0.5) is 16.6 Å². The van der Waals surface area contributed by atoms with Crippen LogP contribution in [0.15, 0.2) is 0 Å². The first kappa shape index (κ1) is 16.8. The molecule has 2 aliphatic heterocycles. The number of ether oxygens (including phenoxy) is 1. The predicted octanol–water partition coefficient (Wildman–Crippen LogP) is 1.97. The first-order valence-electron chi connectivity index (χ1n) is 8.53. The molecular formula is C17H27N5O2. The fraction of sp³-hybridized carbons (Fsp3) is 0.706. The Morgan fingerprint density at radius 3 is 2.54 bits per heavy atom. The van der Waals surface area contributed by atoms with E-state index in [9.17, 15) is 4.79 Å². The lowest BCUT2D eigenvalue weighted by atomic mass is 9.95. The zero-order valence-electron chi connectivity index (χ0n) is 15.3. The van der Waals surface area contributed by atoms with Gasteiger partial charge >= 0.3 is 6.09 Å². The summed E-state index contributed by atoms with van der Waals surface area (Å²) < 4.78 is 5.70. The lowest BCUT2D eigenvalue weighted by Gasteiger charge is -2.27. The van der Waals surface area contributed by atoms with Gasteiger partial charge in [0, 0.05) is 51.9 Å². The first-order chi connectivity index (χ1) is 11.3.